The van der Waals surface area contributed by atoms with E-state index in [1.807, 2.05) is 6.07 Å². The van der Waals surface area contributed by atoms with Crippen molar-refractivity contribution < 1.29 is 19.4 Å². The van der Waals surface area contributed by atoms with Gasteiger partial charge in [-0.15, -0.1) is 0 Å². The Balaban J connectivity index is 1.72. The molecule has 164 valence electrons. The second kappa shape index (κ2) is 8.39. The van der Waals surface area contributed by atoms with Gasteiger partial charge < -0.3 is 19.5 Å². The Kier molecular flexibility index (Phi) is 5.80. The van der Waals surface area contributed by atoms with Crippen molar-refractivity contribution in [2.75, 3.05) is 26.7 Å². The topological polar surface area (TPSA) is 59.0 Å². The summed E-state index contributed by atoms with van der Waals surface area (Å²) in [5, 5.41) is 9.48. The second-order valence-corrected chi connectivity index (χ2v) is 9.26. The number of carboxylic acid groups (broad SMARTS) is 1. The smallest absolute Gasteiger partial charge is 0.310 e. The number of methoxy groups -OCH3 is 1. The number of hydrogen-bond acceptors (Lipinski definition) is 4. The van der Waals surface area contributed by atoms with Crippen LogP contribution < -0.4 is 9.47 Å². The molecule has 31 heavy (non-hydrogen) atoms. The van der Waals surface area contributed by atoms with Crippen LogP contribution in [0.5, 0.6) is 11.5 Å². The Labute approximate surface area is 184 Å². The van der Waals surface area contributed by atoms with Gasteiger partial charge in [-0.25, -0.2) is 0 Å². The Bertz CT molecular complexity index is 1030. The summed E-state index contributed by atoms with van der Waals surface area (Å²) in [6.07, 6.45) is 1.84. The summed E-state index contributed by atoms with van der Waals surface area (Å²) in [7, 11) is 1.69. The first-order valence-electron chi connectivity index (χ1n) is 10.9. The number of rotatable bonds is 4. The van der Waals surface area contributed by atoms with Crippen LogP contribution >= 0.6 is 0 Å². The fourth-order valence-corrected chi connectivity index (χ4v) is 4.56. The Morgan fingerprint density at radius 2 is 1.84 bits per heavy atom. The molecule has 1 N–H and O–H groups in total. The molecule has 5 nitrogen and oxygen atoms in total. The monoisotopic (exact) mass is 421 g/mol. The van der Waals surface area contributed by atoms with Crippen LogP contribution in [0.15, 0.2) is 42.0 Å². The first-order chi connectivity index (χ1) is 14.8. The van der Waals surface area contributed by atoms with Crippen LogP contribution in [-0.4, -0.2) is 42.7 Å². The van der Waals surface area contributed by atoms with Gasteiger partial charge in [-0.05, 0) is 68.5 Å². The summed E-state index contributed by atoms with van der Waals surface area (Å²) < 4.78 is 11.7. The normalized spacial score (nSPS) is 16.8. The van der Waals surface area contributed by atoms with Gasteiger partial charge in [0.05, 0.1) is 12.5 Å². The minimum absolute atomic E-state index is 0.513. The number of aliphatic carboxylic acids is 1. The molecule has 0 aromatic heterocycles. The molecule has 0 unspecified atom stereocenters. The van der Waals surface area contributed by atoms with E-state index < -0.39 is 11.4 Å². The number of hydrogen-bond donors (Lipinski definition) is 1. The van der Waals surface area contributed by atoms with Crippen LogP contribution in [0.2, 0.25) is 0 Å². The highest BCUT2D eigenvalue weighted by Crippen LogP contribution is 2.42. The number of likely N-dealkylation sites (tertiary alicyclic amines) is 1. The van der Waals surface area contributed by atoms with Gasteiger partial charge >= 0.3 is 5.97 Å². The largest absolute Gasteiger partial charge is 0.497 e. The number of benzene rings is 2. The van der Waals surface area contributed by atoms with E-state index in [0.29, 0.717) is 13.2 Å². The van der Waals surface area contributed by atoms with Crippen molar-refractivity contribution in [2.24, 2.45) is 5.41 Å². The van der Waals surface area contributed by atoms with Crippen molar-refractivity contribution in [3.05, 3.63) is 64.2 Å². The number of carboxylic acids is 1. The number of piperidine rings is 1. The second-order valence-electron chi connectivity index (χ2n) is 9.26. The predicted molar refractivity (Wildman–Crippen MR) is 122 cm³/mol. The molecular weight excluding hydrogens is 390 g/mol. The molecule has 0 atom stereocenters. The van der Waals surface area contributed by atoms with Gasteiger partial charge in [-0.3, -0.25) is 4.79 Å². The van der Waals surface area contributed by atoms with Crippen molar-refractivity contribution in [3.63, 3.8) is 0 Å². The fraction of sp³-hybridized carbons (Fsp3) is 0.423. The number of carbonyl (C=O) groups is 1. The van der Waals surface area contributed by atoms with Crippen molar-refractivity contribution in [1.82, 2.24) is 4.90 Å². The number of ether oxygens (including phenoxy) is 2. The predicted octanol–water partition coefficient (Wildman–Crippen LogP) is 4.90. The zero-order chi connectivity index (χ0) is 22.2. The summed E-state index contributed by atoms with van der Waals surface area (Å²) >= 11 is 0. The van der Waals surface area contributed by atoms with E-state index in [9.17, 15) is 9.90 Å². The maximum atomic E-state index is 11.5. The highest BCUT2D eigenvalue weighted by molar-refractivity contribution is 5.87. The van der Waals surface area contributed by atoms with Crippen LogP contribution in [0.25, 0.3) is 5.57 Å². The van der Waals surface area contributed by atoms with Gasteiger partial charge in [0.25, 0.3) is 0 Å². The molecule has 1 fully saturated rings. The van der Waals surface area contributed by atoms with E-state index in [1.54, 1.807) is 21.0 Å². The average Bonchev–Trinajstić information content (AvgIpc) is 2.90. The van der Waals surface area contributed by atoms with Crippen LogP contribution in [-0.2, 0) is 11.4 Å². The maximum absolute atomic E-state index is 11.5. The number of nitrogens with zero attached hydrogens (tertiary/aromatic N) is 1. The minimum Gasteiger partial charge on any atom is -0.497 e. The van der Waals surface area contributed by atoms with Gasteiger partial charge in [-0.1, -0.05) is 23.8 Å². The molecule has 0 spiro atoms. The van der Waals surface area contributed by atoms with E-state index in [2.05, 4.69) is 42.2 Å². The highest BCUT2D eigenvalue weighted by Gasteiger charge is 2.32. The molecule has 2 aromatic carbocycles. The van der Waals surface area contributed by atoms with Crippen LogP contribution in [0.4, 0.5) is 0 Å². The molecule has 2 aliphatic heterocycles. The van der Waals surface area contributed by atoms with Crippen molar-refractivity contribution in [1.29, 1.82) is 0 Å². The number of aryl methyl sites for hydroxylation is 1. The number of fused-ring (bicyclic) bond motifs is 2. The third kappa shape index (κ3) is 4.33. The quantitative estimate of drug-likeness (QED) is 0.761. The van der Waals surface area contributed by atoms with E-state index in [4.69, 9.17) is 9.47 Å². The molecule has 0 bridgehead atoms. The Morgan fingerprint density at radius 1 is 1.13 bits per heavy atom. The first-order valence-corrected chi connectivity index (χ1v) is 10.9. The van der Waals surface area contributed by atoms with Gasteiger partial charge in [0.1, 0.15) is 18.1 Å². The molecular formula is C26H31NO4. The standard InChI is InChI=1S/C26H31NO4/c1-17-5-7-22-23(13-17)31-15-19-14-20(30-4)6-8-21(19)24(22)18-9-11-27(12-10-18)16-26(2,3)25(28)29/h5-8,13-14H,9-12,15-16H2,1-4H3,(H,28,29). The summed E-state index contributed by atoms with van der Waals surface area (Å²) in [5.74, 6) is 1.01. The molecule has 0 aliphatic carbocycles. The average molecular weight is 422 g/mol. The maximum Gasteiger partial charge on any atom is 0.310 e. The third-order valence-corrected chi connectivity index (χ3v) is 6.38. The zero-order valence-corrected chi connectivity index (χ0v) is 18.8. The first kappa shape index (κ1) is 21.4. The Morgan fingerprint density at radius 3 is 2.52 bits per heavy atom. The summed E-state index contributed by atoms with van der Waals surface area (Å²) in [6, 6.07) is 12.7. The fourth-order valence-electron chi connectivity index (χ4n) is 4.56. The highest BCUT2D eigenvalue weighted by atomic mass is 16.5. The SMILES string of the molecule is COc1ccc2c(c1)COc1cc(C)ccc1C2=C1CCN(CC(C)(C)C(=O)O)CC1. The lowest BCUT2D eigenvalue weighted by molar-refractivity contribution is -0.148. The van der Waals surface area contributed by atoms with Crippen LogP contribution in [0.1, 0.15) is 48.9 Å². The van der Waals surface area contributed by atoms with Gasteiger partial charge in [-0.2, -0.15) is 0 Å². The van der Waals surface area contributed by atoms with E-state index in [-0.39, 0.29) is 0 Å². The molecule has 2 heterocycles. The van der Waals surface area contributed by atoms with Gasteiger partial charge in [0.15, 0.2) is 0 Å². The van der Waals surface area contributed by atoms with Crippen molar-refractivity contribution in [3.8, 4) is 11.5 Å². The van der Waals surface area contributed by atoms with Crippen LogP contribution in [0.3, 0.4) is 0 Å². The molecule has 4 rings (SSSR count). The lowest BCUT2D eigenvalue weighted by Gasteiger charge is -2.34. The molecule has 0 amide bonds. The molecule has 2 aliphatic rings. The third-order valence-electron chi connectivity index (χ3n) is 6.38. The molecule has 0 saturated carbocycles. The summed E-state index contributed by atoms with van der Waals surface area (Å²) in [5.41, 5.74) is 6.59. The summed E-state index contributed by atoms with van der Waals surface area (Å²) in [6.45, 7) is 8.49. The van der Waals surface area contributed by atoms with Crippen LogP contribution in [0, 0.1) is 12.3 Å². The lowest BCUT2D eigenvalue weighted by atomic mass is 9.85. The Hall–Kier alpha value is -2.79. The van der Waals surface area contributed by atoms with Gasteiger partial charge in [0, 0.05) is 30.8 Å². The van der Waals surface area contributed by atoms with Crippen molar-refractivity contribution in [2.45, 2.75) is 40.2 Å². The van der Waals surface area contributed by atoms with Crippen molar-refractivity contribution >= 4 is 11.5 Å². The molecule has 0 radical (unpaired) electrons. The summed E-state index contributed by atoms with van der Waals surface area (Å²) in [4.78, 5) is 13.8. The van der Waals surface area contributed by atoms with E-state index in [1.165, 1.54) is 22.3 Å². The molecule has 5 heteroatoms. The molecule has 1 saturated heterocycles. The minimum atomic E-state index is -0.746. The van der Waals surface area contributed by atoms with Gasteiger partial charge in [0.2, 0.25) is 0 Å². The zero-order valence-electron chi connectivity index (χ0n) is 18.8. The van der Waals surface area contributed by atoms with E-state index in [0.717, 1.165) is 48.6 Å². The lowest BCUT2D eigenvalue weighted by Crippen LogP contribution is -2.42. The van der Waals surface area contributed by atoms with E-state index >= 15 is 0 Å². The molecule has 2 aromatic rings.